The Morgan fingerprint density at radius 3 is 2.35 bits per heavy atom. The molecule has 4 heteroatoms. The normalized spacial score (nSPS) is 16.2. The number of halogens is 1. The average Bonchev–Trinajstić information content (AvgIpc) is 2.58. The van der Waals surface area contributed by atoms with Crippen LogP contribution >= 0.6 is 22.6 Å². The number of piperidine rings is 1. The van der Waals surface area contributed by atoms with Crippen LogP contribution in [0.4, 0.5) is 5.69 Å². The highest BCUT2D eigenvalue weighted by atomic mass is 127. The molecule has 1 amide bonds. The van der Waals surface area contributed by atoms with Gasteiger partial charge in [0.2, 0.25) is 5.91 Å². The molecule has 0 aromatic heterocycles. The van der Waals surface area contributed by atoms with Gasteiger partial charge in [0, 0.05) is 21.7 Å². The lowest BCUT2D eigenvalue weighted by Gasteiger charge is -2.31. The number of hydrogen-bond acceptors (Lipinski definition) is 2. The van der Waals surface area contributed by atoms with E-state index in [1.54, 1.807) is 0 Å². The maximum absolute atomic E-state index is 12.4. The van der Waals surface area contributed by atoms with Crippen molar-refractivity contribution >= 4 is 34.2 Å². The summed E-state index contributed by atoms with van der Waals surface area (Å²) in [4.78, 5) is 14.8. The van der Waals surface area contributed by atoms with Gasteiger partial charge in [0.1, 0.15) is 0 Å². The first kappa shape index (κ1) is 16.5. The van der Waals surface area contributed by atoms with Gasteiger partial charge >= 0.3 is 0 Å². The lowest BCUT2D eigenvalue weighted by Crippen LogP contribution is -2.37. The van der Waals surface area contributed by atoms with Gasteiger partial charge in [-0.1, -0.05) is 30.3 Å². The van der Waals surface area contributed by atoms with Crippen molar-refractivity contribution in [1.82, 2.24) is 4.90 Å². The summed E-state index contributed by atoms with van der Waals surface area (Å²) in [6.07, 6.45) is 1.87. The highest BCUT2D eigenvalue weighted by Crippen LogP contribution is 2.21. The minimum atomic E-state index is 0.126. The van der Waals surface area contributed by atoms with E-state index >= 15 is 0 Å². The summed E-state index contributed by atoms with van der Waals surface area (Å²) in [6.45, 7) is 2.95. The zero-order chi connectivity index (χ0) is 16.1. The molecular weight excluding hydrogens is 399 g/mol. The molecule has 3 rings (SSSR count). The summed E-state index contributed by atoms with van der Waals surface area (Å²) in [5, 5.41) is 3.04. The summed E-state index contributed by atoms with van der Waals surface area (Å²) in [5.41, 5.74) is 2.23. The van der Waals surface area contributed by atoms with Crippen LogP contribution in [0.1, 0.15) is 18.4 Å². The van der Waals surface area contributed by atoms with Gasteiger partial charge in [0.25, 0.3) is 0 Å². The van der Waals surface area contributed by atoms with Gasteiger partial charge in [-0.2, -0.15) is 0 Å². The molecule has 2 aromatic rings. The predicted octanol–water partition coefficient (Wildman–Crippen LogP) is 4.14. The van der Waals surface area contributed by atoms with E-state index in [1.165, 1.54) is 9.13 Å². The molecule has 0 saturated carbocycles. The summed E-state index contributed by atoms with van der Waals surface area (Å²) in [5.74, 6) is 0.284. The van der Waals surface area contributed by atoms with Gasteiger partial charge in [0.05, 0.1) is 0 Å². The van der Waals surface area contributed by atoms with Crippen LogP contribution in [0, 0.1) is 9.49 Å². The first-order valence-electron chi connectivity index (χ1n) is 8.03. The lowest BCUT2D eigenvalue weighted by molar-refractivity contribution is -0.121. The second kappa shape index (κ2) is 7.93. The molecule has 0 atom stereocenters. The first-order chi connectivity index (χ1) is 11.2. The minimum absolute atomic E-state index is 0.126. The van der Waals surface area contributed by atoms with Crippen molar-refractivity contribution in [1.29, 1.82) is 0 Å². The van der Waals surface area contributed by atoms with Crippen molar-refractivity contribution in [2.75, 3.05) is 18.4 Å². The van der Waals surface area contributed by atoms with Gasteiger partial charge < -0.3 is 5.32 Å². The number of nitrogens with one attached hydrogen (secondary N) is 1. The fourth-order valence-electron chi connectivity index (χ4n) is 2.97. The Balaban J connectivity index is 1.48. The molecule has 23 heavy (non-hydrogen) atoms. The van der Waals surface area contributed by atoms with Crippen LogP contribution in [0.2, 0.25) is 0 Å². The number of rotatable bonds is 4. The molecule has 0 bridgehead atoms. The van der Waals surface area contributed by atoms with Crippen LogP contribution in [-0.4, -0.2) is 23.9 Å². The van der Waals surface area contributed by atoms with Crippen LogP contribution in [0.25, 0.3) is 0 Å². The monoisotopic (exact) mass is 420 g/mol. The molecule has 3 nitrogen and oxygen atoms in total. The van der Waals surface area contributed by atoms with E-state index in [2.05, 4.69) is 57.1 Å². The Bertz CT molecular complexity index is 634. The number of nitrogens with zero attached hydrogens (tertiary/aromatic N) is 1. The number of carbonyl (C=O) groups is 1. The van der Waals surface area contributed by atoms with Crippen molar-refractivity contribution in [2.24, 2.45) is 5.92 Å². The summed E-state index contributed by atoms with van der Waals surface area (Å²) in [6, 6.07) is 18.5. The smallest absolute Gasteiger partial charge is 0.227 e. The van der Waals surface area contributed by atoms with Gasteiger partial charge in [0.15, 0.2) is 0 Å². The van der Waals surface area contributed by atoms with Gasteiger partial charge in [-0.3, -0.25) is 9.69 Å². The summed E-state index contributed by atoms with van der Waals surface area (Å²) >= 11 is 2.27. The molecule has 0 aliphatic carbocycles. The molecule has 1 N–H and O–H groups in total. The summed E-state index contributed by atoms with van der Waals surface area (Å²) in [7, 11) is 0. The third-order valence-electron chi connectivity index (χ3n) is 4.32. The van der Waals surface area contributed by atoms with E-state index < -0.39 is 0 Å². The van der Waals surface area contributed by atoms with Crippen molar-refractivity contribution < 1.29 is 4.79 Å². The molecule has 1 saturated heterocycles. The predicted molar refractivity (Wildman–Crippen MR) is 102 cm³/mol. The fraction of sp³-hybridized carbons (Fsp3) is 0.316. The molecule has 120 valence electrons. The SMILES string of the molecule is O=C(Nc1ccc(I)cc1)C1CCN(Cc2ccccc2)CC1. The average molecular weight is 420 g/mol. The van der Waals surface area contributed by atoms with Crippen LogP contribution in [0.3, 0.4) is 0 Å². The van der Waals surface area contributed by atoms with E-state index in [-0.39, 0.29) is 11.8 Å². The molecule has 1 fully saturated rings. The van der Waals surface area contributed by atoms with Crippen LogP contribution in [-0.2, 0) is 11.3 Å². The maximum Gasteiger partial charge on any atom is 0.227 e. The summed E-state index contributed by atoms with van der Waals surface area (Å²) < 4.78 is 1.18. The standard InChI is InChI=1S/C19H21IN2O/c20-17-6-8-18(9-7-17)21-19(23)16-10-12-22(13-11-16)14-15-4-2-1-3-5-15/h1-9,16H,10-14H2,(H,21,23). The first-order valence-corrected chi connectivity index (χ1v) is 9.11. The van der Waals surface area contributed by atoms with E-state index in [0.29, 0.717) is 0 Å². The molecule has 0 unspecified atom stereocenters. The van der Waals surface area contributed by atoms with Crippen molar-refractivity contribution in [2.45, 2.75) is 19.4 Å². The Morgan fingerprint density at radius 2 is 1.70 bits per heavy atom. The molecular formula is C19H21IN2O. The Hall–Kier alpha value is -1.40. The highest BCUT2D eigenvalue weighted by Gasteiger charge is 2.24. The van der Waals surface area contributed by atoms with Crippen molar-refractivity contribution in [3.63, 3.8) is 0 Å². The zero-order valence-corrected chi connectivity index (χ0v) is 15.2. The van der Waals surface area contributed by atoms with Gasteiger partial charge in [-0.15, -0.1) is 0 Å². The molecule has 1 aliphatic heterocycles. The van der Waals surface area contributed by atoms with Crippen molar-refractivity contribution in [3.05, 3.63) is 63.7 Å². The molecule has 0 radical (unpaired) electrons. The Kier molecular flexibility index (Phi) is 5.67. The van der Waals surface area contributed by atoms with Crippen LogP contribution < -0.4 is 5.32 Å². The van der Waals surface area contributed by atoms with Gasteiger partial charge in [-0.25, -0.2) is 0 Å². The number of carbonyl (C=O) groups excluding carboxylic acids is 1. The van der Waals surface area contributed by atoms with E-state index in [1.807, 2.05) is 30.3 Å². The number of benzene rings is 2. The van der Waals surface area contributed by atoms with Crippen LogP contribution in [0.5, 0.6) is 0 Å². The van der Waals surface area contributed by atoms with E-state index in [4.69, 9.17) is 0 Å². The quantitative estimate of drug-likeness (QED) is 0.755. The largest absolute Gasteiger partial charge is 0.326 e. The number of hydrogen-bond donors (Lipinski definition) is 1. The second-order valence-electron chi connectivity index (χ2n) is 6.03. The molecule has 0 spiro atoms. The number of anilines is 1. The number of likely N-dealkylation sites (tertiary alicyclic amines) is 1. The van der Waals surface area contributed by atoms with Gasteiger partial charge in [-0.05, 0) is 78.4 Å². The Labute approximate surface area is 151 Å². The number of amides is 1. The third-order valence-corrected chi connectivity index (χ3v) is 5.04. The van der Waals surface area contributed by atoms with Crippen molar-refractivity contribution in [3.8, 4) is 0 Å². The highest BCUT2D eigenvalue weighted by molar-refractivity contribution is 14.1. The molecule has 1 heterocycles. The Morgan fingerprint density at radius 1 is 1.04 bits per heavy atom. The zero-order valence-electron chi connectivity index (χ0n) is 13.0. The topological polar surface area (TPSA) is 32.3 Å². The van der Waals surface area contributed by atoms with E-state index in [0.717, 1.165) is 38.2 Å². The van der Waals surface area contributed by atoms with Crippen LogP contribution in [0.15, 0.2) is 54.6 Å². The maximum atomic E-state index is 12.4. The van der Waals surface area contributed by atoms with E-state index in [9.17, 15) is 4.79 Å². The second-order valence-corrected chi connectivity index (χ2v) is 7.28. The minimum Gasteiger partial charge on any atom is -0.326 e. The molecule has 1 aliphatic rings. The lowest BCUT2D eigenvalue weighted by atomic mass is 9.95. The fourth-order valence-corrected chi connectivity index (χ4v) is 3.33. The molecule has 2 aromatic carbocycles. The third kappa shape index (κ3) is 4.78.